The molecular formula is C72H111NO8P+. The average Bonchev–Trinajstić information content (AvgIpc) is 3.45. The standard InChI is InChI=1S/C72H110NO8P/c1-6-8-10-12-14-16-18-20-22-24-25-26-27-28-29-30-31-32-33-34-35-36-37-38-39-40-41-42-43-44-45-46-47-49-51-53-55-57-59-61-63-65-72(75)81-70(69-80-82(76,77)79-67-66-73(3,4)5)68-78-71(74)64-62-60-58-56-54-52-50-48-23-21-19-17-15-13-11-9-7-2/h8-11,14-17,20-23,25-26,28-29,31-32,34-35,37-38,40-41,43-44,46-47,50-53,56,58,70H,6-7,12-13,18-19,24,27,30,33,36,39,42,45,48-49,54-55,57,59-69H2,1-5H3/p+1/b10-8-,11-9-,16-14-,17-15-,22-20-,23-21-,26-25-,29-28-,32-31-,35-34-,38-37-,41-40-,44-43-,47-46-,52-50-,53-51-,58-56-. The molecule has 0 saturated carbocycles. The Kier molecular flexibility index (Phi) is 56.2. The second kappa shape index (κ2) is 60.2. The van der Waals surface area contributed by atoms with Crippen LogP contribution in [0.1, 0.15) is 181 Å². The minimum Gasteiger partial charge on any atom is -0.462 e. The number of nitrogens with zero attached hydrogens (tertiary/aromatic N) is 1. The van der Waals surface area contributed by atoms with Crippen molar-refractivity contribution in [3.63, 3.8) is 0 Å². The van der Waals surface area contributed by atoms with E-state index in [1.54, 1.807) is 0 Å². The maximum Gasteiger partial charge on any atom is 0.472 e. The Morgan fingerprint density at radius 2 is 0.671 bits per heavy atom. The third kappa shape index (κ3) is 63.8. The lowest BCUT2D eigenvalue weighted by molar-refractivity contribution is -0.870. The van der Waals surface area contributed by atoms with Crippen molar-refractivity contribution in [1.29, 1.82) is 0 Å². The molecule has 1 N–H and O–H groups in total. The zero-order chi connectivity index (χ0) is 59.8. The molecule has 0 fully saturated rings. The molecule has 9 nitrogen and oxygen atoms in total. The van der Waals surface area contributed by atoms with Gasteiger partial charge in [0, 0.05) is 12.8 Å². The van der Waals surface area contributed by atoms with Gasteiger partial charge in [0.25, 0.3) is 0 Å². The Balaban J connectivity index is 4.27. The number of allylic oxidation sites excluding steroid dienone is 34. The van der Waals surface area contributed by atoms with E-state index in [1.165, 1.54) is 0 Å². The van der Waals surface area contributed by atoms with Crippen LogP contribution in [0.5, 0.6) is 0 Å². The second-order valence-electron chi connectivity index (χ2n) is 20.6. The molecule has 456 valence electrons. The summed E-state index contributed by atoms with van der Waals surface area (Å²) in [6.07, 6.45) is 96.4. The maximum atomic E-state index is 12.8. The second-order valence-corrected chi connectivity index (χ2v) is 22.1. The summed E-state index contributed by atoms with van der Waals surface area (Å²) in [7, 11) is 1.39. The third-order valence-electron chi connectivity index (χ3n) is 11.8. The predicted octanol–water partition coefficient (Wildman–Crippen LogP) is 19.9. The van der Waals surface area contributed by atoms with Crippen molar-refractivity contribution in [2.75, 3.05) is 47.5 Å². The minimum absolute atomic E-state index is 0.00515. The van der Waals surface area contributed by atoms with Crippen LogP contribution in [0.25, 0.3) is 0 Å². The number of likely N-dealkylation sites (N-methyl/N-ethyl adjacent to an activating group) is 1. The number of phosphoric ester groups is 1. The van der Waals surface area contributed by atoms with Gasteiger partial charge in [0.1, 0.15) is 19.8 Å². The van der Waals surface area contributed by atoms with Crippen LogP contribution in [0.3, 0.4) is 0 Å². The highest BCUT2D eigenvalue weighted by atomic mass is 31.2. The third-order valence-corrected chi connectivity index (χ3v) is 12.8. The Bertz CT molecular complexity index is 2130. The highest BCUT2D eigenvalue weighted by Gasteiger charge is 2.27. The van der Waals surface area contributed by atoms with Gasteiger partial charge in [0.05, 0.1) is 27.7 Å². The van der Waals surface area contributed by atoms with Gasteiger partial charge < -0.3 is 18.9 Å². The molecule has 0 aliphatic heterocycles. The molecule has 0 heterocycles. The van der Waals surface area contributed by atoms with E-state index in [9.17, 15) is 19.0 Å². The molecule has 0 aromatic rings. The highest BCUT2D eigenvalue weighted by molar-refractivity contribution is 7.47. The van der Waals surface area contributed by atoms with Gasteiger partial charge in [-0.05, 0) is 141 Å². The van der Waals surface area contributed by atoms with Crippen molar-refractivity contribution >= 4 is 19.8 Å². The van der Waals surface area contributed by atoms with E-state index in [1.807, 2.05) is 27.2 Å². The van der Waals surface area contributed by atoms with Crippen LogP contribution in [-0.2, 0) is 32.7 Å². The summed E-state index contributed by atoms with van der Waals surface area (Å²) in [5.74, 6) is -0.916. The minimum atomic E-state index is -4.42. The SMILES string of the molecule is CC/C=C\C/C=C\C/C=C\C/C=C\C/C=C\C/C=C\C/C=C\C/C=C\C/C=C\C/C=C\C/C=C\C/C=C\CCCCCCC(=O)OC(COC(=O)CCC/C=C\C/C=C\C/C=C\C/C=C\C/C=C\CC)COP(=O)(O)OCC[N+](C)(C)C. The van der Waals surface area contributed by atoms with Crippen molar-refractivity contribution in [2.24, 2.45) is 0 Å². The molecule has 0 saturated heterocycles. The summed E-state index contributed by atoms with van der Waals surface area (Å²) in [4.78, 5) is 35.6. The van der Waals surface area contributed by atoms with E-state index >= 15 is 0 Å². The van der Waals surface area contributed by atoms with Gasteiger partial charge in [-0.25, -0.2) is 4.57 Å². The number of hydrogen-bond donors (Lipinski definition) is 1. The number of quaternary nitrogens is 1. The molecule has 10 heteroatoms. The van der Waals surface area contributed by atoms with Gasteiger partial charge in [0.2, 0.25) is 0 Å². The van der Waals surface area contributed by atoms with E-state index in [-0.39, 0.29) is 26.1 Å². The molecule has 0 spiro atoms. The summed E-state index contributed by atoms with van der Waals surface area (Å²) in [6.45, 7) is 4.06. The fraction of sp³-hybridized carbons (Fsp3) is 0.500. The fourth-order valence-electron chi connectivity index (χ4n) is 7.15. The number of phosphoric acid groups is 1. The molecule has 82 heavy (non-hydrogen) atoms. The number of esters is 2. The lowest BCUT2D eigenvalue weighted by atomic mass is 10.1. The zero-order valence-electron chi connectivity index (χ0n) is 51.6. The number of carbonyl (C=O) groups excluding carboxylic acids is 2. The van der Waals surface area contributed by atoms with E-state index in [0.29, 0.717) is 23.9 Å². The predicted molar refractivity (Wildman–Crippen MR) is 352 cm³/mol. The molecule has 0 radical (unpaired) electrons. The van der Waals surface area contributed by atoms with Crippen LogP contribution in [-0.4, -0.2) is 74.9 Å². The molecule has 0 aliphatic rings. The van der Waals surface area contributed by atoms with E-state index in [0.717, 1.165) is 141 Å². The van der Waals surface area contributed by atoms with Crippen LogP contribution in [0.2, 0.25) is 0 Å². The highest BCUT2D eigenvalue weighted by Crippen LogP contribution is 2.43. The first kappa shape index (κ1) is 76.6. The topological polar surface area (TPSA) is 108 Å². The van der Waals surface area contributed by atoms with Crippen molar-refractivity contribution in [1.82, 2.24) is 0 Å². The normalized spacial score (nSPS) is 14.7. The Labute approximate surface area is 500 Å². The first-order valence-corrected chi connectivity index (χ1v) is 32.3. The molecule has 2 atom stereocenters. The van der Waals surface area contributed by atoms with Gasteiger partial charge in [-0.15, -0.1) is 0 Å². The largest absolute Gasteiger partial charge is 0.472 e. The Morgan fingerprint density at radius 1 is 0.378 bits per heavy atom. The van der Waals surface area contributed by atoms with Gasteiger partial charge >= 0.3 is 19.8 Å². The lowest BCUT2D eigenvalue weighted by Crippen LogP contribution is -2.37. The number of hydrogen-bond acceptors (Lipinski definition) is 7. The first-order chi connectivity index (χ1) is 40.0. The van der Waals surface area contributed by atoms with Gasteiger partial charge in [-0.1, -0.05) is 233 Å². The van der Waals surface area contributed by atoms with Gasteiger partial charge in [-0.2, -0.15) is 0 Å². The van der Waals surface area contributed by atoms with Crippen molar-refractivity contribution in [3.05, 3.63) is 207 Å². The number of unbranched alkanes of at least 4 members (excludes halogenated alkanes) is 5. The Morgan fingerprint density at radius 3 is 1.00 bits per heavy atom. The number of ether oxygens (including phenoxy) is 2. The number of carbonyl (C=O) groups is 2. The van der Waals surface area contributed by atoms with Crippen LogP contribution < -0.4 is 0 Å². The van der Waals surface area contributed by atoms with Crippen molar-refractivity contribution in [3.8, 4) is 0 Å². The van der Waals surface area contributed by atoms with Gasteiger partial charge in [0.15, 0.2) is 6.10 Å². The monoisotopic (exact) mass is 1150 g/mol. The molecule has 0 aromatic carbocycles. The van der Waals surface area contributed by atoms with E-state index < -0.39 is 32.5 Å². The first-order valence-electron chi connectivity index (χ1n) is 30.8. The maximum absolute atomic E-state index is 12.8. The molecular weight excluding hydrogens is 1040 g/mol. The van der Waals surface area contributed by atoms with Crippen molar-refractivity contribution < 1.29 is 42.1 Å². The summed E-state index contributed by atoms with van der Waals surface area (Å²) in [6, 6.07) is 0. The van der Waals surface area contributed by atoms with E-state index in [2.05, 4.69) is 214 Å². The molecule has 0 amide bonds. The van der Waals surface area contributed by atoms with Crippen LogP contribution in [0.15, 0.2) is 207 Å². The zero-order valence-corrected chi connectivity index (χ0v) is 52.5. The smallest absolute Gasteiger partial charge is 0.462 e. The molecule has 2 unspecified atom stereocenters. The van der Waals surface area contributed by atoms with Gasteiger partial charge in [-0.3, -0.25) is 18.6 Å². The molecule has 0 aliphatic carbocycles. The Hall–Kier alpha value is -5.41. The summed E-state index contributed by atoms with van der Waals surface area (Å²) in [5.41, 5.74) is 0. The summed E-state index contributed by atoms with van der Waals surface area (Å²) >= 11 is 0. The lowest BCUT2D eigenvalue weighted by Gasteiger charge is -2.24. The fourth-order valence-corrected chi connectivity index (χ4v) is 7.89. The summed E-state index contributed by atoms with van der Waals surface area (Å²) in [5, 5.41) is 0. The molecule has 0 rings (SSSR count). The van der Waals surface area contributed by atoms with Crippen molar-refractivity contribution in [2.45, 2.75) is 187 Å². The number of rotatable bonds is 53. The van der Waals surface area contributed by atoms with Crippen LogP contribution in [0.4, 0.5) is 0 Å². The molecule has 0 aromatic heterocycles. The molecule has 0 bridgehead atoms. The van der Waals surface area contributed by atoms with E-state index in [4.69, 9.17) is 18.5 Å². The summed E-state index contributed by atoms with van der Waals surface area (Å²) < 4.78 is 34.4. The van der Waals surface area contributed by atoms with Crippen LogP contribution in [0, 0.1) is 0 Å². The van der Waals surface area contributed by atoms with Crippen LogP contribution >= 0.6 is 7.82 Å². The average molecular weight is 1150 g/mol. The quantitative estimate of drug-likeness (QED) is 0.0211.